The summed E-state index contributed by atoms with van der Waals surface area (Å²) in [6, 6.07) is 5.86. The number of likely N-dealkylation sites (N-methyl/N-ethyl adjacent to an activating group) is 1. The van der Waals surface area contributed by atoms with Crippen LogP contribution in [0.1, 0.15) is 31.2 Å². The van der Waals surface area contributed by atoms with Crippen LogP contribution in [0.3, 0.4) is 0 Å². The minimum atomic E-state index is -0.433. The van der Waals surface area contributed by atoms with Crippen LogP contribution >= 0.6 is 0 Å². The van der Waals surface area contributed by atoms with Gasteiger partial charge in [-0.1, -0.05) is 25.0 Å². The molecule has 2 unspecified atom stereocenters. The van der Waals surface area contributed by atoms with Crippen LogP contribution in [-0.4, -0.2) is 35.1 Å². The summed E-state index contributed by atoms with van der Waals surface area (Å²) in [4.78, 5) is 13.7. The quantitative estimate of drug-likeness (QED) is 0.863. The van der Waals surface area contributed by atoms with E-state index in [1.807, 2.05) is 0 Å². The number of hydrogen-bond donors (Lipinski definition) is 1. The molecule has 1 aromatic rings. The molecule has 0 radical (unpaired) electrons. The van der Waals surface area contributed by atoms with Crippen molar-refractivity contribution in [3.8, 4) is 0 Å². The maximum Gasteiger partial charge on any atom is 0.246 e. The second-order valence-corrected chi connectivity index (χ2v) is 5.25. The highest BCUT2D eigenvalue weighted by Crippen LogP contribution is 2.22. The maximum absolute atomic E-state index is 12.8. The lowest BCUT2D eigenvalue weighted by Gasteiger charge is -2.34. The number of rotatable bonds is 3. The van der Waals surface area contributed by atoms with E-state index in [0.717, 1.165) is 31.2 Å². The van der Waals surface area contributed by atoms with Gasteiger partial charge in [-0.2, -0.15) is 0 Å². The summed E-state index contributed by atoms with van der Waals surface area (Å²) in [7, 11) is 1.72. The summed E-state index contributed by atoms with van der Waals surface area (Å²) in [5.74, 6) is -0.434. The van der Waals surface area contributed by atoms with Crippen LogP contribution in [0.4, 0.5) is 4.39 Å². The monoisotopic (exact) mass is 277 g/mol. The molecule has 0 spiro atoms. The molecule has 2 atom stereocenters. The average molecular weight is 277 g/mol. The molecule has 1 aliphatic carbocycles. The van der Waals surface area contributed by atoms with Gasteiger partial charge in [-0.3, -0.25) is 4.79 Å². The molecule has 1 N–H and O–H groups in total. The Morgan fingerprint density at radius 1 is 1.30 bits per heavy atom. The zero-order valence-corrected chi connectivity index (χ0v) is 11.6. The SMILES string of the molecule is CN(C(=O)/C=C/c1ccc(F)cc1)C1CCCCC1O. The number of amides is 1. The van der Waals surface area contributed by atoms with Gasteiger partial charge in [-0.05, 0) is 36.6 Å². The number of carbonyl (C=O) groups excluding carboxylic acids is 1. The molecule has 0 bridgehead atoms. The molecule has 108 valence electrons. The lowest BCUT2D eigenvalue weighted by atomic mass is 9.91. The van der Waals surface area contributed by atoms with Crippen LogP contribution in [0, 0.1) is 5.82 Å². The Morgan fingerprint density at radius 2 is 1.95 bits per heavy atom. The molecule has 4 heteroatoms. The summed E-state index contributed by atoms with van der Waals surface area (Å²) < 4.78 is 12.8. The van der Waals surface area contributed by atoms with Crippen molar-refractivity contribution in [2.75, 3.05) is 7.05 Å². The molecule has 0 saturated heterocycles. The van der Waals surface area contributed by atoms with Crippen LogP contribution in [0.25, 0.3) is 6.08 Å². The van der Waals surface area contributed by atoms with E-state index in [2.05, 4.69) is 0 Å². The van der Waals surface area contributed by atoms with Crippen molar-refractivity contribution < 1.29 is 14.3 Å². The fourth-order valence-corrected chi connectivity index (χ4v) is 2.57. The smallest absolute Gasteiger partial charge is 0.246 e. The molecule has 0 aromatic heterocycles. The molecule has 1 amide bonds. The Balaban J connectivity index is 1.98. The molecule has 20 heavy (non-hydrogen) atoms. The molecule has 1 saturated carbocycles. The van der Waals surface area contributed by atoms with E-state index in [-0.39, 0.29) is 17.8 Å². The normalized spacial score (nSPS) is 22.9. The van der Waals surface area contributed by atoms with Crippen molar-refractivity contribution in [2.45, 2.75) is 37.8 Å². The molecular weight excluding hydrogens is 257 g/mol. The minimum absolute atomic E-state index is 0.103. The third-order valence-corrected chi connectivity index (χ3v) is 3.83. The molecule has 0 aliphatic heterocycles. The zero-order valence-electron chi connectivity index (χ0n) is 11.6. The number of halogens is 1. The highest BCUT2D eigenvalue weighted by atomic mass is 19.1. The molecular formula is C16H20FNO2. The number of nitrogens with zero attached hydrogens (tertiary/aromatic N) is 1. The molecule has 3 nitrogen and oxygen atoms in total. The van der Waals surface area contributed by atoms with E-state index in [4.69, 9.17) is 0 Å². The van der Waals surface area contributed by atoms with Crippen LogP contribution < -0.4 is 0 Å². The van der Waals surface area contributed by atoms with Gasteiger partial charge in [0, 0.05) is 13.1 Å². The summed E-state index contributed by atoms with van der Waals surface area (Å²) >= 11 is 0. The van der Waals surface area contributed by atoms with E-state index in [0.29, 0.717) is 0 Å². The van der Waals surface area contributed by atoms with Crippen molar-refractivity contribution in [1.29, 1.82) is 0 Å². The third kappa shape index (κ3) is 3.67. The predicted molar refractivity (Wildman–Crippen MR) is 76.5 cm³/mol. The number of hydrogen-bond acceptors (Lipinski definition) is 2. The standard InChI is InChI=1S/C16H20FNO2/c1-18(14-4-2-3-5-15(14)19)16(20)11-8-12-6-9-13(17)10-7-12/h6-11,14-15,19H,2-5H2,1H3/b11-8+. The van der Waals surface area contributed by atoms with Gasteiger partial charge in [0.15, 0.2) is 0 Å². The highest BCUT2D eigenvalue weighted by molar-refractivity contribution is 5.91. The van der Waals surface area contributed by atoms with Gasteiger partial charge in [-0.15, -0.1) is 0 Å². The van der Waals surface area contributed by atoms with E-state index in [1.165, 1.54) is 18.2 Å². The summed E-state index contributed by atoms with van der Waals surface area (Å²) in [6.45, 7) is 0. The zero-order chi connectivity index (χ0) is 14.5. The minimum Gasteiger partial charge on any atom is -0.391 e. The van der Waals surface area contributed by atoms with Crippen molar-refractivity contribution >= 4 is 12.0 Å². The number of aliphatic hydroxyl groups excluding tert-OH is 1. The second-order valence-electron chi connectivity index (χ2n) is 5.25. The van der Waals surface area contributed by atoms with Crippen LogP contribution in [0.2, 0.25) is 0 Å². The van der Waals surface area contributed by atoms with E-state index in [9.17, 15) is 14.3 Å². The summed E-state index contributed by atoms with van der Waals surface area (Å²) in [5, 5.41) is 9.94. The maximum atomic E-state index is 12.8. The Kier molecular flexibility index (Phi) is 4.90. The van der Waals surface area contributed by atoms with Crippen LogP contribution in [0.15, 0.2) is 30.3 Å². The van der Waals surface area contributed by atoms with Crippen LogP contribution in [0.5, 0.6) is 0 Å². The molecule has 2 rings (SSSR count). The van der Waals surface area contributed by atoms with Crippen molar-refractivity contribution in [3.63, 3.8) is 0 Å². The molecule has 1 fully saturated rings. The Hall–Kier alpha value is -1.68. The lowest BCUT2D eigenvalue weighted by molar-refractivity contribution is -0.130. The van der Waals surface area contributed by atoms with E-state index >= 15 is 0 Å². The first-order valence-corrected chi connectivity index (χ1v) is 6.96. The Morgan fingerprint density at radius 3 is 2.60 bits per heavy atom. The van der Waals surface area contributed by atoms with E-state index < -0.39 is 6.10 Å². The first-order valence-electron chi connectivity index (χ1n) is 6.96. The summed E-state index contributed by atoms with van der Waals surface area (Å²) in [6.07, 6.45) is 6.35. The second kappa shape index (κ2) is 6.66. The molecule has 1 aliphatic rings. The topological polar surface area (TPSA) is 40.5 Å². The van der Waals surface area contributed by atoms with Crippen molar-refractivity contribution in [2.24, 2.45) is 0 Å². The van der Waals surface area contributed by atoms with Gasteiger partial charge < -0.3 is 10.0 Å². The highest BCUT2D eigenvalue weighted by Gasteiger charge is 2.28. The van der Waals surface area contributed by atoms with Crippen molar-refractivity contribution in [3.05, 3.63) is 41.7 Å². The van der Waals surface area contributed by atoms with Crippen LogP contribution in [-0.2, 0) is 4.79 Å². The number of carbonyl (C=O) groups is 1. The summed E-state index contributed by atoms with van der Waals surface area (Å²) in [5.41, 5.74) is 0.775. The third-order valence-electron chi connectivity index (χ3n) is 3.83. The Bertz CT molecular complexity index is 484. The number of aliphatic hydroxyl groups is 1. The molecule has 0 heterocycles. The molecule has 1 aromatic carbocycles. The van der Waals surface area contributed by atoms with Gasteiger partial charge in [0.1, 0.15) is 5.82 Å². The largest absolute Gasteiger partial charge is 0.391 e. The predicted octanol–water partition coefficient (Wildman–Crippen LogP) is 2.60. The average Bonchev–Trinajstić information content (AvgIpc) is 2.46. The lowest BCUT2D eigenvalue weighted by Crippen LogP contribution is -2.45. The first kappa shape index (κ1) is 14.7. The first-order chi connectivity index (χ1) is 9.58. The Labute approximate surface area is 118 Å². The van der Waals surface area contributed by atoms with Crippen molar-refractivity contribution in [1.82, 2.24) is 4.90 Å². The van der Waals surface area contributed by atoms with Gasteiger partial charge in [0.25, 0.3) is 0 Å². The number of benzene rings is 1. The fourth-order valence-electron chi connectivity index (χ4n) is 2.57. The fraction of sp³-hybridized carbons (Fsp3) is 0.438. The van der Waals surface area contributed by atoms with Gasteiger partial charge >= 0.3 is 0 Å². The van der Waals surface area contributed by atoms with Gasteiger partial charge in [0.2, 0.25) is 5.91 Å². The van der Waals surface area contributed by atoms with E-state index in [1.54, 1.807) is 30.2 Å². The van der Waals surface area contributed by atoms with Gasteiger partial charge in [-0.25, -0.2) is 4.39 Å². The van der Waals surface area contributed by atoms with Gasteiger partial charge in [0.05, 0.1) is 12.1 Å².